The molecule has 0 radical (unpaired) electrons. The van der Waals surface area contributed by atoms with E-state index in [1.54, 1.807) is 0 Å². The number of pyridine rings is 1. The van der Waals surface area contributed by atoms with E-state index in [1.165, 1.54) is 32.5 Å². The Morgan fingerprint density at radius 2 is 2.04 bits per heavy atom. The highest BCUT2D eigenvalue weighted by molar-refractivity contribution is 5.78. The van der Waals surface area contributed by atoms with E-state index in [1.807, 2.05) is 36.6 Å². The van der Waals surface area contributed by atoms with Gasteiger partial charge in [0, 0.05) is 12.7 Å². The highest BCUT2D eigenvalue weighted by atomic mass is 16.1. The van der Waals surface area contributed by atoms with Gasteiger partial charge in [0.05, 0.1) is 17.8 Å². The molecule has 0 bridgehead atoms. The summed E-state index contributed by atoms with van der Waals surface area (Å²) in [6.45, 7) is 8.46. The van der Waals surface area contributed by atoms with E-state index >= 15 is 0 Å². The van der Waals surface area contributed by atoms with Gasteiger partial charge in [0.2, 0.25) is 5.91 Å². The van der Waals surface area contributed by atoms with Crippen LogP contribution in [0.4, 0.5) is 0 Å². The van der Waals surface area contributed by atoms with Crippen LogP contribution in [0.2, 0.25) is 0 Å². The molecule has 3 rings (SSSR count). The Kier molecular flexibility index (Phi) is 5.51. The fourth-order valence-electron chi connectivity index (χ4n) is 3.49. The standard InChI is InChI=1S/C19H28N4O/c1-15-8-7-13-23-17(16(2)21-19(15)23)14-18(24)20-9-3-4-10-22-11-5-6-12-22/h7-8,13H,3-6,9-12,14H2,1-2H3,(H,20,24). The average molecular weight is 328 g/mol. The summed E-state index contributed by atoms with van der Waals surface area (Å²) in [5, 5.41) is 3.05. The number of unbranched alkanes of at least 4 members (excludes halogenated alkanes) is 1. The Morgan fingerprint density at radius 1 is 1.25 bits per heavy atom. The van der Waals surface area contributed by atoms with Gasteiger partial charge in [0.15, 0.2) is 0 Å². The highest BCUT2D eigenvalue weighted by Crippen LogP contribution is 2.15. The van der Waals surface area contributed by atoms with E-state index in [2.05, 4.69) is 15.2 Å². The van der Waals surface area contributed by atoms with E-state index in [0.717, 1.165) is 42.0 Å². The summed E-state index contributed by atoms with van der Waals surface area (Å²) < 4.78 is 2.04. The van der Waals surface area contributed by atoms with Crippen LogP contribution in [0.3, 0.4) is 0 Å². The second kappa shape index (κ2) is 7.79. The molecule has 1 saturated heterocycles. The Bertz CT molecular complexity index is 701. The van der Waals surface area contributed by atoms with Crippen molar-refractivity contribution in [3.63, 3.8) is 0 Å². The van der Waals surface area contributed by atoms with Crippen molar-refractivity contribution in [2.24, 2.45) is 0 Å². The molecule has 130 valence electrons. The number of nitrogens with zero attached hydrogens (tertiary/aromatic N) is 3. The second-order valence-corrected chi connectivity index (χ2v) is 6.81. The quantitative estimate of drug-likeness (QED) is 0.795. The molecule has 0 aliphatic carbocycles. The van der Waals surface area contributed by atoms with Crippen LogP contribution in [0, 0.1) is 13.8 Å². The fraction of sp³-hybridized carbons (Fsp3) is 0.579. The third-order valence-electron chi connectivity index (χ3n) is 4.89. The van der Waals surface area contributed by atoms with Crippen LogP contribution in [0.5, 0.6) is 0 Å². The first-order valence-electron chi connectivity index (χ1n) is 9.07. The SMILES string of the molecule is Cc1nc2c(C)cccn2c1CC(=O)NCCCCN1CCCC1. The first-order chi connectivity index (χ1) is 11.6. The third kappa shape index (κ3) is 3.96. The molecule has 2 aromatic heterocycles. The number of imidazole rings is 1. The zero-order valence-electron chi connectivity index (χ0n) is 14.8. The van der Waals surface area contributed by atoms with Gasteiger partial charge in [-0.05, 0) is 70.8 Å². The van der Waals surface area contributed by atoms with Gasteiger partial charge >= 0.3 is 0 Å². The molecule has 1 aliphatic heterocycles. The summed E-state index contributed by atoms with van der Waals surface area (Å²) in [5.74, 6) is 0.0857. The van der Waals surface area contributed by atoms with Crippen LogP contribution in [-0.4, -0.2) is 46.4 Å². The maximum Gasteiger partial charge on any atom is 0.226 e. The maximum absolute atomic E-state index is 12.2. The van der Waals surface area contributed by atoms with Crippen molar-refractivity contribution in [1.82, 2.24) is 19.6 Å². The van der Waals surface area contributed by atoms with E-state index in [9.17, 15) is 4.79 Å². The number of hydrogen-bond acceptors (Lipinski definition) is 3. The van der Waals surface area contributed by atoms with Gasteiger partial charge in [-0.3, -0.25) is 4.79 Å². The second-order valence-electron chi connectivity index (χ2n) is 6.81. The Balaban J connectivity index is 1.46. The number of hydrogen-bond donors (Lipinski definition) is 1. The summed E-state index contributed by atoms with van der Waals surface area (Å²) in [7, 11) is 0. The molecule has 24 heavy (non-hydrogen) atoms. The maximum atomic E-state index is 12.2. The molecule has 0 spiro atoms. The molecule has 0 atom stereocenters. The van der Waals surface area contributed by atoms with E-state index in [0.29, 0.717) is 6.42 Å². The first kappa shape index (κ1) is 17.0. The number of aryl methyl sites for hydroxylation is 2. The van der Waals surface area contributed by atoms with Crippen LogP contribution >= 0.6 is 0 Å². The smallest absolute Gasteiger partial charge is 0.226 e. The van der Waals surface area contributed by atoms with Crippen molar-refractivity contribution >= 4 is 11.6 Å². The fourth-order valence-corrected chi connectivity index (χ4v) is 3.49. The number of aromatic nitrogens is 2. The van der Waals surface area contributed by atoms with Crippen LogP contribution < -0.4 is 5.32 Å². The molecule has 3 heterocycles. The number of amides is 1. The summed E-state index contributed by atoms with van der Waals surface area (Å²) >= 11 is 0. The van der Waals surface area contributed by atoms with E-state index < -0.39 is 0 Å². The van der Waals surface area contributed by atoms with Gasteiger partial charge in [0.1, 0.15) is 5.65 Å². The van der Waals surface area contributed by atoms with Crippen LogP contribution in [0.15, 0.2) is 18.3 Å². The van der Waals surface area contributed by atoms with Gasteiger partial charge in [-0.25, -0.2) is 4.98 Å². The Morgan fingerprint density at radius 3 is 2.83 bits per heavy atom. The topological polar surface area (TPSA) is 49.6 Å². The number of nitrogens with one attached hydrogen (secondary N) is 1. The summed E-state index contributed by atoms with van der Waals surface area (Å²) in [6.07, 6.45) is 7.27. The van der Waals surface area contributed by atoms with Crippen molar-refractivity contribution in [3.8, 4) is 0 Å². The Hall–Kier alpha value is -1.88. The van der Waals surface area contributed by atoms with Gasteiger partial charge in [-0.15, -0.1) is 0 Å². The minimum absolute atomic E-state index is 0.0857. The largest absolute Gasteiger partial charge is 0.356 e. The summed E-state index contributed by atoms with van der Waals surface area (Å²) in [5.41, 5.74) is 4.01. The molecule has 5 nitrogen and oxygen atoms in total. The number of likely N-dealkylation sites (tertiary alicyclic amines) is 1. The summed E-state index contributed by atoms with van der Waals surface area (Å²) in [6, 6.07) is 4.05. The predicted molar refractivity (Wildman–Crippen MR) is 96.3 cm³/mol. The molecular formula is C19H28N4O. The highest BCUT2D eigenvalue weighted by Gasteiger charge is 2.14. The summed E-state index contributed by atoms with van der Waals surface area (Å²) in [4.78, 5) is 19.4. The normalized spacial score (nSPS) is 15.2. The average Bonchev–Trinajstić information content (AvgIpc) is 3.17. The van der Waals surface area contributed by atoms with E-state index in [-0.39, 0.29) is 5.91 Å². The lowest BCUT2D eigenvalue weighted by Crippen LogP contribution is -2.28. The molecule has 0 aromatic carbocycles. The van der Waals surface area contributed by atoms with Crippen LogP contribution in [-0.2, 0) is 11.2 Å². The number of carbonyl (C=O) groups is 1. The molecule has 0 unspecified atom stereocenters. The minimum Gasteiger partial charge on any atom is -0.356 e. The monoisotopic (exact) mass is 328 g/mol. The molecule has 2 aromatic rings. The number of fused-ring (bicyclic) bond motifs is 1. The molecule has 5 heteroatoms. The van der Waals surface area contributed by atoms with Gasteiger partial charge in [-0.2, -0.15) is 0 Å². The Labute approximate surface area is 144 Å². The van der Waals surface area contributed by atoms with Crippen molar-refractivity contribution < 1.29 is 4.79 Å². The molecule has 1 aliphatic rings. The molecular weight excluding hydrogens is 300 g/mol. The third-order valence-corrected chi connectivity index (χ3v) is 4.89. The van der Waals surface area contributed by atoms with Crippen molar-refractivity contribution in [1.29, 1.82) is 0 Å². The molecule has 0 saturated carbocycles. The zero-order valence-corrected chi connectivity index (χ0v) is 14.8. The van der Waals surface area contributed by atoms with Crippen LogP contribution in [0.25, 0.3) is 5.65 Å². The minimum atomic E-state index is 0.0857. The predicted octanol–water partition coefficient (Wildman–Crippen LogP) is 2.49. The van der Waals surface area contributed by atoms with Crippen molar-refractivity contribution in [2.45, 2.75) is 46.0 Å². The first-order valence-corrected chi connectivity index (χ1v) is 9.07. The molecule has 1 N–H and O–H groups in total. The van der Waals surface area contributed by atoms with Gasteiger partial charge in [0.25, 0.3) is 0 Å². The molecule has 1 fully saturated rings. The van der Waals surface area contributed by atoms with Gasteiger partial charge < -0.3 is 14.6 Å². The van der Waals surface area contributed by atoms with Crippen LogP contribution in [0.1, 0.15) is 42.6 Å². The lowest BCUT2D eigenvalue weighted by atomic mass is 10.2. The van der Waals surface area contributed by atoms with Crippen molar-refractivity contribution in [3.05, 3.63) is 35.3 Å². The lowest BCUT2D eigenvalue weighted by Gasteiger charge is -2.14. The van der Waals surface area contributed by atoms with E-state index in [4.69, 9.17) is 0 Å². The van der Waals surface area contributed by atoms with Crippen molar-refractivity contribution in [2.75, 3.05) is 26.2 Å². The number of carbonyl (C=O) groups excluding carboxylic acids is 1. The zero-order chi connectivity index (χ0) is 16.9. The number of rotatable bonds is 7. The van der Waals surface area contributed by atoms with Gasteiger partial charge in [-0.1, -0.05) is 6.07 Å². The lowest BCUT2D eigenvalue weighted by molar-refractivity contribution is -0.120. The molecule has 1 amide bonds.